The van der Waals surface area contributed by atoms with Crippen LogP contribution in [0, 0.1) is 0 Å². The van der Waals surface area contributed by atoms with Gasteiger partial charge < -0.3 is 13.7 Å². The smallest absolute Gasteiger partial charge is 0.741 e. The molecule has 41 heavy (non-hydrogen) atoms. The average Bonchev–Trinajstić information content (AvgIpc) is 2.64. The molecule has 0 unspecified atom stereocenters. The summed E-state index contributed by atoms with van der Waals surface area (Å²) in [5.41, 5.74) is -16.9. The molecule has 0 aromatic heterocycles. The number of rotatable bonds is 0. The first kappa shape index (κ1) is 46.7. The molecule has 0 fully saturated rings. The maximum absolute atomic E-state index is 10.7. The van der Waals surface area contributed by atoms with Gasteiger partial charge in [0.15, 0.2) is 30.4 Å². The van der Waals surface area contributed by atoms with Crippen molar-refractivity contribution in [2.45, 2.75) is 67.9 Å². The molecule has 2 rings (SSSR count). The molecule has 0 aromatic carbocycles. The zero-order valence-corrected chi connectivity index (χ0v) is 25.3. The Labute approximate surface area is 244 Å². The summed E-state index contributed by atoms with van der Waals surface area (Å²) in [6.45, 7) is 0. The molecule has 0 heterocycles. The molecular weight excluding hydrogens is 832 g/mol. The van der Waals surface area contributed by atoms with Crippen LogP contribution in [0.25, 0.3) is 0 Å². The van der Waals surface area contributed by atoms with Gasteiger partial charge >= 0.3 is 36.6 Å². The van der Waals surface area contributed by atoms with Crippen LogP contribution in [-0.2, 0) is 50.5 Å². The Morgan fingerprint density at radius 3 is 0.488 bits per heavy atom. The third-order valence-electron chi connectivity index (χ3n) is 3.52. The van der Waals surface area contributed by atoms with E-state index in [-0.39, 0.29) is 20.1 Å². The minimum Gasteiger partial charge on any atom is -0.741 e. The fourth-order valence-electron chi connectivity index (χ4n) is 1.71. The summed E-state index contributed by atoms with van der Waals surface area (Å²) in [5.74, 6) is 0. The first-order valence-corrected chi connectivity index (χ1v) is 14.6. The molecule has 9 nitrogen and oxygen atoms in total. The zero-order chi connectivity index (χ0) is 32.3. The number of hydrogen-bond donors (Lipinski definition) is 0. The van der Waals surface area contributed by atoms with Crippen LogP contribution in [0.5, 0.6) is 0 Å². The van der Waals surface area contributed by atoms with Gasteiger partial charge in [0.1, 0.15) is 0 Å². The van der Waals surface area contributed by atoms with E-state index in [1.165, 1.54) is 51.4 Å². The second-order valence-electron chi connectivity index (χ2n) is 6.89. The molecule has 0 amide bonds. The van der Waals surface area contributed by atoms with Crippen molar-refractivity contribution in [3.05, 3.63) is 48.6 Å². The molecular formula is C19H24F9IrO9S3. The van der Waals surface area contributed by atoms with Crippen molar-refractivity contribution in [2.24, 2.45) is 0 Å². The monoisotopic (exact) mass is 856 g/mol. The van der Waals surface area contributed by atoms with E-state index in [9.17, 15) is 39.5 Å². The van der Waals surface area contributed by atoms with Crippen LogP contribution in [0.3, 0.4) is 0 Å². The quantitative estimate of drug-likeness (QED) is 0.132. The van der Waals surface area contributed by atoms with Crippen LogP contribution in [0.15, 0.2) is 48.6 Å². The maximum Gasteiger partial charge on any atom is 3.00 e. The van der Waals surface area contributed by atoms with E-state index in [2.05, 4.69) is 48.6 Å². The van der Waals surface area contributed by atoms with E-state index in [1.54, 1.807) is 0 Å². The molecule has 0 saturated carbocycles. The number of allylic oxidation sites excluding steroid dienone is 8. The molecule has 0 saturated heterocycles. The van der Waals surface area contributed by atoms with Crippen LogP contribution >= 0.6 is 0 Å². The number of alkyl halides is 9. The topological polar surface area (TPSA) is 172 Å². The molecule has 2 aliphatic rings. The Hall–Kier alpha value is -1.29. The number of hydrogen-bond acceptors (Lipinski definition) is 9. The Bertz CT molecular complexity index is 959. The minimum atomic E-state index is -6.09. The molecule has 0 N–H and O–H groups in total. The summed E-state index contributed by atoms with van der Waals surface area (Å²) in [5, 5.41) is 0. The van der Waals surface area contributed by atoms with Crippen molar-refractivity contribution >= 4 is 30.4 Å². The van der Waals surface area contributed by atoms with Crippen molar-refractivity contribution in [3.8, 4) is 0 Å². The van der Waals surface area contributed by atoms with E-state index in [1.807, 2.05) is 0 Å². The molecule has 0 aliphatic heterocycles. The average molecular weight is 856 g/mol. The summed E-state index contributed by atoms with van der Waals surface area (Å²) in [7, 11) is -18.3. The predicted molar refractivity (Wildman–Crippen MR) is 121 cm³/mol. The van der Waals surface area contributed by atoms with Gasteiger partial charge in [0.25, 0.3) is 0 Å². The molecule has 0 atom stereocenters. The molecule has 0 bridgehead atoms. The van der Waals surface area contributed by atoms with E-state index in [4.69, 9.17) is 38.9 Å². The molecule has 0 radical (unpaired) electrons. The van der Waals surface area contributed by atoms with Gasteiger partial charge in [-0.3, -0.25) is 0 Å². The van der Waals surface area contributed by atoms with Gasteiger partial charge in [0.05, 0.1) is 0 Å². The van der Waals surface area contributed by atoms with Crippen molar-refractivity contribution in [2.75, 3.05) is 0 Å². The van der Waals surface area contributed by atoms with E-state index in [0.717, 1.165) is 0 Å². The molecule has 0 spiro atoms. The van der Waals surface area contributed by atoms with Gasteiger partial charge in [-0.1, -0.05) is 48.6 Å². The largest absolute Gasteiger partial charge is 3.00 e. The summed E-state index contributed by atoms with van der Waals surface area (Å²) < 4.78 is 177. The first-order valence-electron chi connectivity index (χ1n) is 10.4. The van der Waals surface area contributed by atoms with Crippen molar-refractivity contribution in [3.63, 3.8) is 0 Å². The van der Waals surface area contributed by atoms with Crippen LogP contribution in [0.4, 0.5) is 39.5 Å². The van der Waals surface area contributed by atoms with Crippen LogP contribution < -0.4 is 0 Å². The number of halogens is 9. The Morgan fingerprint density at radius 1 is 0.366 bits per heavy atom. The molecule has 2 aliphatic carbocycles. The second-order valence-corrected chi connectivity index (χ2v) is 11.0. The SMILES string of the molecule is C1=CCCC=CCC1.C1=CCCC=CCC1.O=S(=O)([O-])C(F)(F)F.O=S(=O)([O-])C(F)(F)F.O=S(=O)([O-])C(F)(F)F.[Ir+3]. The molecule has 0 aromatic rings. The fourth-order valence-corrected chi connectivity index (χ4v) is 1.71. The Balaban J connectivity index is -0.000000207. The standard InChI is InChI=1S/2C8H12.3CHF3O3S.Ir/c2*1-2-4-6-8-7-5-3-1;3*2-1(3,4)8(5,6)7;/h2*1-2,7-8H,3-6H2;3*(H,5,6,7);/q;;;;;+3/p-3. The van der Waals surface area contributed by atoms with Crippen LogP contribution in [0.1, 0.15) is 51.4 Å². The van der Waals surface area contributed by atoms with Crippen molar-refractivity contribution in [1.82, 2.24) is 0 Å². The second kappa shape index (κ2) is 21.4. The predicted octanol–water partition coefficient (Wildman–Crippen LogP) is 5.50. The van der Waals surface area contributed by atoms with Gasteiger partial charge in [-0.25, -0.2) is 25.3 Å². The third kappa shape index (κ3) is 30.0. The van der Waals surface area contributed by atoms with Crippen molar-refractivity contribution in [1.29, 1.82) is 0 Å². The maximum atomic E-state index is 10.7. The Kier molecular flexibility index (Phi) is 24.4. The summed E-state index contributed by atoms with van der Waals surface area (Å²) in [6, 6.07) is 0. The summed E-state index contributed by atoms with van der Waals surface area (Å²) in [4.78, 5) is 0. The van der Waals surface area contributed by atoms with E-state index < -0.39 is 46.9 Å². The van der Waals surface area contributed by atoms with Crippen molar-refractivity contribution < 1.29 is 98.5 Å². The third-order valence-corrected chi connectivity index (χ3v) is 5.22. The normalized spacial score (nSPS) is 16.0. The van der Waals surface area contributed by atoms with Crippen LogP contribution in [0.2, 0.25) is 0 Å². The van der Waals surface area contributed by atoms with Crippen LogP contribution in [-0.4, -0.2) is 55.4 Å². The first-order chi connectivity index (χ1) is 17.8. The van der Waals surface area contributed by atoms with E-state index in [0.29, 0.717) is 0 Å². The van der Waals surface area contributed by atoms with Gasteiger partial charge in [0, 0.05) is 0 Å². The Morgan fingerprint density at radius 2 is 0.439 bits per heavy atom. The van der Waals surface area contributed by atoms with Gasteiger partial charge in [-0.05, 0) is 51.4 Å². The summed E-state index contributed by atoms with van der Waals surface area (Å²) >= 11 is 0. The van der Waals surface area contributed by atoms with Gasteiger partial charge in [-0.2, -0.15) is 39.5 Å². The molecule has 244 valence electrons. The summed E-state index contributed by atoms with van der Waals surface area (Å²) in [6.07, 6.45) is 28.0. The van der Waals surface area contributed by atoms with Gasteiger partial charge in [0.2, 0.25) is 0 Å². The van der Waals surface area contributed by atoms with Gasteiger partial charge in [-0.15, -0.1) is 0 Å². The zero-order valence-electron chi connectivity index (χ0n) is 20.4. The van der Waals surface area contributed by atoms with E-state index >= 15 is 0 Å². The fraction of sp³-hybridized carbons (Fsp3) is 0.579. The minimum absolute atomic E-state index is 0. The molecule has 22 heteroatoms.